The summed E-state index contributed by atoms with van der Waals surface area (Å²) in [5, 5.41) is 2.80. The van der Waals surface area contributed by atoms with Crippen LogP contribution in [0.1, 0.15) is 17.2 Å². The summed E-state index contributed by atoms with van der Waals surface area (Å²) in [6.45, 7) is 0. The number of rotatable bonds is 3. The second-order valence-corrected chi connectivity index (χ2v) is 4.98. The lowest BCUT2D eigenvalue weighted by Crippen LogP contribution is -2.20. The van der Waals surface area contributed by atoms with E-state index in [1.807, 2.05) is 0 Å². The van der Waals surface area contributed by atoms with E-state index in [2.05, 4.69) is 21.2 Å². The van der Waals surface area contributed by atoms with Crippen molar-refractivity contribution in [2.24, 2.45) is 0 Å². The van der Waals surface area contributed by atoms with E-state index in [0.29, 0.717) is 10.0 Å². The quantitative estimate of drug-likeness (QED) is 0.890. The highest BCUT2D eigenvalue weighted by atomic mass is 79.9. The minimum atomic E-state index is -0.756. The largest absolute Gasteiger partial charge is 0.309 e. The highest BCUT2D eigenvalue weighted by Crippen LogP contribution is 2.29. The van der Waals surface area contributed by atoms with E-state index in [0.717, 1.165) is 0 Å². The third kappa shape index (κ3) is 2.98. The maximum Gasteiger partial charge on any atom is 0.131 e. The first-order chi connectivity index (χ1) is 9.02. The molecule has 0 radical (unpaired) electrons. The smallest absolute Gasteiger partial charge is 0.131 e. The van der Waals surface area contributed by atoms with Crippen LogP contribution in [0.5, 0.6) is 0 Å². The summed E-state index contributed by atoms with van der Waals surface area (Å²) in [6.07, 6.45) is 0. The maximum atomic E-state index is 13.8. The van der Waals surface area contributed by atoms with Crippen LogP contribution in [0, 0.1) is 17.5 Å². The Balaban J connectivity index is 2.56. The lowest BCUT2D eigenvalue weighted by molar-refractivity contribution is 0.520. The number of benzene rings is 2. The monoisotopic (exact) mass is 329 g/mol. The Bertz CT molecular complexity index is 561. The van der Waals surface area contributed by atoms with Crippen LogP contribution in [0.25, 0.3) is 0 Å². The normalized spacial score (nSPS) is 12.5. The summed E-state index contributed by atoms with van der Waals surface area (Å²) in [4.78, 5) is 0. The second kappa shape index (κ2) is 5.75. The van der Waals surface area contributed by atoms with Crippen molar-refractivity contribution in [2.45, 2.75) is 6.04 Å². The molecule has 0 saturated carbocycles. The van der Waals surface area contributed by atoms with Gasteiger partial charge in [0.15, 0.2) is 0 Å². The molecule has 2 rings (SSSR count). The molecule has 0 amide bonds. The third-order valence-corrected chi connectivity index (χ3v) is 3.25. The molecule has 0 aliphatic rings. The van der Waals surface area contributed by atoms with Crippen molar-refractivity contribution >= 4 is 15.9 Å². The van der Waals surface area contributed by atoms with Crippen molar-refractivity contribution in [3.63, 3.8) is 0 Å². The highest BCUT2D eigenvalue weighted by molar-refractivity contribution is 9.10. The molecule has 1 nitrogen and oxygen atoms in total. The predicted molar refractivity (Wildman–Crippen MR) is 71.4 cm³/mol. The van der Waals surface area contributed by atoms with Gasteiger partial charge >= 0.3 is 0 Å². The van der Waals surface area contributed by atoms with Crippen LogP contribution in [0.2, 0.25) is 0 Å². The van der Waals surface area contributed by atoms with Gasteiger partial charge in [-0.05, 0) is 42.9 Å². The van der Waals surface area contributed by atoms with Gasteiger partial charge in [-0.15, -0.1) is 0 Å². The summed E-state index contributed by atoms with van der Waals surface area (Å²) in [6, 6.07) is 7.05. The van der Waals surface area contributed by atoms with Crippen LogP contribution < -0.4 is 5.32 Å². The third-order valence-electron chi connectivity index (χ3n) is 2.80. The fourth-order valence-corrected chi connectivity index (χ4v) is 2.49. The Morgan fingerprint density at radius 2 is 1.68 bits per heavy atom. The number of hydrogen-bond acceptors (Lipinski definition) is 1. The molecule has 1 N–H and O–H groups in total. The molecule has 0 aromatic heterocycles. The number of hydrogen-bond donors (Lipinski definition) is 1. The van der Waals surface area contributed by atoms with Crippen LogP contribution in [0.15, 0.2) is 40.9 Å². The molecule has 0 saturated heterocycles. The zero-order valence-corrected chi connectivity index (χ0v) is 11.6. The van der Waals surface area contributed by atoms with Gasteiger partial charge in [-0.2, -0.15) is 0 Å². The van der Waals surface area contributed by atoms with Gasteiger partial charge in [0, 0.05) is 10.0 Å². The van der Waals surface area contributed by atoms with E-state index in [1.165, 1.54) is 30.3 Å². The molecule has 0 fully saturated rings. The van der Waals surface area contributed by atoms with Gasteiger partial charge < -0.3 is 5.32 Å². The Labute approximate surface area is 117 Å². The molecule has 5 heteroatoms. The topological polar surface area (TPSA) is 12.0 Å². The first kappa shape index (κ1) is 14.1. The summed E-state index contributed by atoms with van der Waals surface area (Å²) in [5.74, 6) is -1.80. The van der Waals surface area contributed by atoms with E-state index in [9.17, 15) is 13.2 Å². The van der Waals surface area contributed by atoms with Crippen molar-refractivity contribution in [1.82, 2.24) is 5.32 Å². The SMILES string of the molecule is CNC(c1cc(F)cc(Br)c1)c1c(F)cccc1F. The second-order valence-electron chi connectivity index (χ2n) is 4.06. The molecule has 19 heavy (non-hydrogen) atoms. The molecule has 0 aliphatic carbocycles. The molecular formula is C14H11BrF3N. The molecule has 2 aromatic carbocycles. The molecular weight excluding hydrogens is 319 g/mol. The van der Waals surface area contributed by atoms with Crippen molar-refractivity contribution in [3.05, 3.63) is 69.4 Å². The van der Waals surface area contributed by atoms with Crippen LogP contribution in [0.4, 0.5) is 13.2 Å². The summed E-state index contributed by atoms with van der Waals surface area (Å²) < 4.78 is 41.5. The number of halogens is 4. The lowest BCUT2D eigenvalue weighted by atomic mass is 9.98. The average Bonchev–Trinajstić information content (AvgIpc) is 2.32. The van der Waals surface area contributed by atoms with Gasteiger partial charge in [0.25, 0.3) is 0 Å². The van der Waals surface area contributed by atoms with Crippen molar-refractivity contribution in [1.29, 1.82) is 0 Å². The fourth-order valence-electron chi connectivity index (χ4n) is 2.01. The summed E-state index contributed by atoms with van der Waals surface area (Å²) in [5.41, 5.74) is 0.320. The molecule has 1 unspecified atom stereocenters. The van der Waals surface area contributed by atoms with E-state index in [4.69, 9.17) is 0 Å². The first-order valence-electron chi connectivity index (χ1n) is 5.60. The van der Waals surface area contributed by atoms with Crippen LogP contribution in [-0.2, 0) is 0 Å². The van der Waals surface area contributed by atoms with Crippen molar-refractivity contribution in [2.75, 3.05) is 7.05 Å². The lowest BCUT2D eigenvalue weighted by Gasteiger charge is -2.19. The zero-order chi connectivity index (χ0) is 14.0. The van der Waals surface area contributed by atoms with Crippen LogP contribution in [0.3, 0.4) is 0 Å². The Hall–Kier alpha value is -1.33. The first-order valence-corrected chi connectivity index (χ1v) is 6.39. The summed E-state index contributed by atoms with van der Waals surface area (Å²) >= 11 is 3.16. The van der Waals surface area contributed by atoms with Gasteiger partial charge in [-0.3, -0.25) is 0 Å². The maximum absolute atomic E-state index is 13.8. The molecule has 0 heterocycles. The van der Waals surface area contributed by atoms with Gasteiger partial charge in [-0.1, -0.05) is 22.0 Å². The number of nitrogens with one attached hydrogen (secondary N) is 1. The Morgan fingerprint density at radius 1 is 1.05 bits per heavy atom. The van der Waals surface area contributed by atoms with Crippen LogP contribution >= 0.6 is 15.9 Å². The molecule has 0 bridgehead atoms. The van der Waals surface area contributed by atoms with E-state index >= 15 is 0 Å². The van der Waals surface area contributed by atoms with E-state index < -0.39 is 23.5 Å². The molecule has 2 aromatic rings. The minimum absolute atomic E-state index is 0.123. The Morgan fingerprint density at radius 3 is 2.21 bits per heavy atom. The molecule has 0 aliphatic heterocycles. The predicted octanol–water partition coefficient (Wildman–Crippen LogP) is 4.18. The van der Waals surface area contributed by atoms with Crippen molar-refractivity contribution in [3.8, 4) is 0 Å². The van der Waals surface area contributed by atoms with Crippen LogP contribution in [-0.4, -0.2) is 7.05 Å². The molecule has 100 valence electrons. The average molecular weight is 330 g/mol. The minimum Gasteiger partial charge on any atom is -0.309 e. The van der Waals surface area contributed by atoms with Gasteiger partial charge in [-0.25, -0.2) is 13.2 Å². The molecule has 1 atom stereocenters. The standard InChI is InChI=1S/C14H11BrF3N/c1-19-14(8-5-9(15)7-10(16)6-8)13-11(17)3-2-4-12(13)18/h2-7,14,19H,1H3. The van der Waals surface area contributed by atoms with Gasteiger partial charge in [0.05, 0.1) is 6.04 Å². The van der Waals surface area contributed by atoms with Gasteiger partial charge in [0.1, 0.15) is 17.5 Å². The fraction of sp³-hybridized carbons (Fsp3) is 0.143. The summed E-state index contributed by atoms with van der Waals surface area (Å²) in [7, 11) is 1.56. The zero-order valence-electron chi connectivity index (χ0n) is 10.1. The van der Waals surface area contributed by atoms with Gasteiger partial charge in [0.2, 0.25) is 0 Å². The highest BCUT2D eigenvalue weighted by Gasteiger charge is 2.21. The van der Waals surface area contributed by atoms with E-state index in [-0.39, 0.29) is 5.56 Å². The van der Waals surface area contributed by atoms with E-state index in [1.54, 1.807) is 13.1 Å². The van der Waals surface area contributed by atoms with Crippen molar-refractivity contribution < 1.29 is 13.2 Å². The molecule has 0 spiro atoms. The Kier molecular flexibility index (Phi) is 4.27.